The van der Waals surface area contributed by atoms with E-state index in [9.17, 15) is 8.42 Å². The predicted molar refractivity (Wildman–Crippen MR) is 156 cm³/mol. The number of hydrogen-bond donors (Lipinski definition) is 1. The lowest BCUT2D eigenvalue weighted by Crippen LogP contribution is -2.48. The van der Waals surface area contributed by atoms with Crippen LogP contribution >= 0.6 is 0 Å². The average Bonchev–Trinajstić information content (AvgIpc) is 2.97. The van der Waals surface area contributed by atoms with Crippen molar-refractivity contribution < 1.29 is 22.3 Å². The molecule has 0 bridgehead atoms. The van der Waals surface area contributed by atoms with Crippen LogP contribution in [0, 0.1) is 5.82 Å². The molecule has 0 spiro atoms. The van der Waals surface area contributed by atoms with Crippen LogP contribution in [0.2, 0.25) is 0 Å². The SMILES string of the molecule is COc1nc(-c2ccnc(-c3ccc(CN4CCN(C(C)C)CC4)cc3F)c2)c(N2CCOCC2)cc1S(N)(=O)=O. The van der Waals surface area contributed by atoms with Crippen LogP contribution in [0.3, 0.4) is 0 Å². The van der Waals surface area contributed by atoms with Crippen molar-refractivity contribution >= 4 is 15.7 Å². The van der Waals surface area contributed by atoms with E-state index >= 15 is 4.39 Å². The Morgan fingerprint density at radius 1 is 1.05 bits per heavy atom. The Morgan fingerprint density at radius 3 is 2.41 bits per heavy atom. The molecule has 0 atom stereocenters. The van der Waals surface area contributed by atoms with Crippen LogP contribution in [-0.2, 0) is 21.3 Å². The molecule has 3 aromatic rings. The number of morpholine rings is 1. The number of ether oxygens (including phenoxy) is 2. The van der Waals surface area contributed by atoms with Crippen molar-refractivity contribution in [3.05, 3.63) is 54.0 Å². The van der Waals surface area contributed by atoms with Gasteiger partial charge in [0.1, 0.15) is 10.7 Å². The third-order valence-corrected chi connectivity index (χ3v) is 8.58. The van der Waals surface area contributed by atoms with Crippen LogP contribution in [0.1, 0.15) is 19.4 Å². The Hall–Kier alpha value is -3.16. The first-order chi connectivity index (χ1) is 19.6. The number of piperazine rings is 1. The average molecular weight is 585 g/mol. The van der Waals surface area contributed by atoms with Gasteiger partial charge in [0.15, 0.2) is 0 Å². The van der Waals surface area contributed by atoms with Crippen molar-refractivity contribution in [2.45, 2.75) is 31.3 Å². The largest absolute Gasteiger partial charge is 0.480 e. The maximum absolute atomic E-state index is 15.5. The number of pyridine rings is 2. The molecule has 2 N–H and O–H groups in total. The van der Waals surface area contributed by atoms with Gasteiger partial charge >= 0.3 is 0 Å². The van der Waals surface area contributed by atoms with E-state index in [1.165, 1.54) is 13.2 Å². The molecule has 10 nitrogen and oxygen atoms in total. The first-order valence-corrected chi connectivity index (χ1v) is 15.3. The number of benzene rings is 1. The van der Waals surface area contributed by atoms with Gasteiger partial charge in [0.05, 0.1) is 37.4 Å². The molecule has 2 fully saturated rings. The number of nitrogens with zero attached hydrogens (tertiary/aromatic N) is 5. The highest BCUT2D eigenvalue weighted by Gasteiger charge is 2.26. The van der Waals surface area contributed by atoms with Crippen molar-refractivity contribution in [2.75, 3.05) is 64.5 Å². The van der Waals surface area contributed by atoms with Gasteiger partial charge in [0, 0.05) is 69.2 Å². The molecule has 1 aromatic carbocycles. The molecule has 2 aliphatic rings. The number of rotatable bonds is 8. The summed E-state index contributed by atoms with van der Waals surface area (Å²) in [6, 6.07) is 10.8. The van der Waals surface area contributed by atoms with Gasteiger partial charge in [0.25, 0.3) is 0 Å². The molecular weight excluding hydrogens is 547 g/mol. The van der Waals surface area contributed by atoms with Crippen LogP contribution in [-0.4, -0.2) is 93.8 Å². The van der Waals surface area contributed by atoms with Crippen molar-refractivity contribution in [3.8, 4) is 28.4 Å². The second kappa shape index (κ2) is 12.4. The van der Waals surface area contributed by atoms with Crippen molar-refractivity contribution in [1.82, 2.24) is 19.8 Å². The van der Waals surface area contributed by atoms with E-state index in [0.29, 0.717) is 67.1 Å². The number of aromatic nitrogens is 2. The minimum atomic E-state index is -4.10. The Bertz CT molecular complexity index is 1490. The predicted octanol–water partition coefficient (Wildman–Crippen LogP) is 2.97. The van der Waals surface area contributed by atoms with Gasteiger partial charge in [-0.05, 0) is 49.7 Å². The van der Waals surface area contributed by atoms with Gasteiger partial charge in [-0.15, -0.1) is 0 Å². The second-order valence-corrected chi connectivity index (χ2v) is 12.2. The zero-order valence-electron chi connectivity index (χ0n) is 23.7. The minimum absolute atomic E-state index is 0.109. The van der Waals surface area contributed by atoms with Crippen LogP contribution < -0.4 is 14.8 Å². The van der Waals surface area contributed by atoms with E-state index < -0.39 is 10.0 Å². The van der Waals surface area contributed by atoms with E-state index in [-0.39, 0.29) is 16.6 Å². The summed E-state index contributed by atoms with van der Waals surface area (Å²) < 4.78 is 50.9. The molecule has 12 heteroatoms. The van der Waals surface area contributed by atoms with Gasteiger partial charge in [0.2, 0.25) is 15.9 Å². The van der Waals surface area contributed by atoms with E-state index in [0.717, 1.165) is 31.7 Å². The number of methoxy groups -OCH3 is 1. The summed E-state index contributed by atoms with van der Waals surface area (Å²) in [6.07, 6.45) is 1.59. The van der Waals surface area contributed by atoms with Crippen molar-refractivity contribution in [3.63, 3.8) is 0 Å². The first kappa shape index (κ1) is 29.3. The highest BCUT2D eigenvalue weighted by molar-refractivity contribution is 7.89. The third kappa shape index (κ3) is 6.68. The zero-order valence-corrected chi connectivity index (χ0v) is 24.5. The van der Waals surface area contributed by atoms with Gasteiger partial charge in [-0.2, -0.15) is 0 Å². The van der Waals surface area contributed by atoms with E-state index in [1.54, 1.807) is 30.5 Å². The molecule has 220 valence electrons. The van der Waals surface area contributed by atoms with Crippen LogP contribution in [0.25, 0.3) is 22.5 Å². The molecule has 5 rings (SSSR count). The third-order valence-electron chi connectivity index (χ3n) is 7.67. The summed E-state index contributed by atoms with van der Waals surface area (Å²) in [7, 11) is -2.76. The molecule has 0 radical (unpaired) electrons. The zero-order chi connectivity index (χ0) is 29.1. The molecular formula is C29H37FN6O4S. The van der Waals surface area contributed by atoms with Crippen molar-refractivity contribution in [1.29, 1.82) is 0 Å². The number of anilines is 1. The fourth-order valence-electron chi connectivity index (χ4n) is 5.36. The maximum atomic E-state index is 15.5. The fourth-order valence-corrected chi connectivity index (χ4v) is 6.01. The second-order valence-electron chi connectivity index (χ2n) is 10.7. The molecule has 0 aliphatic carbocycles. The summed E-state index contributed by atoms with van der Waals surface area (Å²) in [5.41, 5.74) is 3.44. The van der Waals surface area contributed by atoms with E-state index in [4.69, 9.17) is 14.6 Å². The molecule has 2 aromatic heterocycles. The van der Waals surface area contributed by atoms with Crippen LogP contribution in [0.15, 0.2) is 47.5 Å². The Morgan fingerprint density at radius 2 is 1.78 bits per heavy atom. The quantitative estimate of drug-likeness (QED) is 0.427. The topological polar surface area (TPSA) is 114 Å². The maximum Gasteiger partial charge on any atom is 0.243 e. The van der Waals surface area contributed by atoms with E-state index in [2.05, 4.69) is 33.6 Å². The number of sulfonamides is 1. The number of hydrogen-bond acceptors (Lipinski definition) is 9. The fraction of sp³-hybridized carbons (Fsp3) is 0.448. The van der Waals surface area contributed by atoms with Crippen LogP contribution in [0.5, 0.6) is 5.88 Å². The smallest absolute Gasteiger partial charge is 0.243 e. The number of halogens is 1. The normalized spacial score (nSPS) is 17.3. The number of nitrogens with two attached hydrogens (primary N) is 1. The summed E-state index contributed by atoms with van der Waals surface area (Å²) >= 11 is 0. The number of primary sulfonamides is 1. The Balaban J connectivity index is 1.45. The monoisotopic (exact) mass is 584 g/mol. The summed E-state index contributed by atoms with van der Waals surface area (Å²) in [5, 5.41) is 5.48. The summed E-state index contributed by atoms with van der Waals surface area (Å²) in [6.45, 7) is 11.1. The van der Waals surface area contributed by atoms with Gasteiger partial charge in [-0.25, -0.2) is 22.9 Å². The standard InChI is InChI=1S/C29H37FN6O4S/c1-20(2)35-10-8-34(9-11-35)19-21-4-5-23(24(30)16-21)25-17-22(6-7-32-25)28-26(36-12-14-40-15-13-36)18-27(41(31,37)38)29(33-28)39-3/h4-7,16-18,20H,8-15,19H2,1-3H3,(H2,31,37,38). The Kier molecular flexibility index (Phi) is 8.85. The van der Waals surface area contributed by atoms with Gasteiger partial charge in [-0.1, -0.05) is 6.07 Å². The van der Waals surface area contributed by atoms with Crippen molar-refractivity contribution in [2.24, 2.45) is 5.14 Å². The highest BCUT2D eigenvalue weighted by atomic mass is 32.2. The molecule has 0 amide bonds. The molecule has 4 heterocycles. The van der Waals surface area contributed by atoms with Gasteiger partial charge < -0.3 is 14.4 Å². The molecule has 0 saturated carbocycles. The van der Waals surface area contributed by atoms with E-state index in [1.807, 2.05) is 11.0 Å². The minimum Gasteiger partial charge on any atom is -0.480 e. The highest BCUT2D eigenvalue weighted by Crippen LogP contribution is 2.37. The lowest BCUT2D eigenvalue weighted by molar-refractivity contribution is 0.104. The van der Waals surface area contributed by atoms with Crippen LogP contribution in [0.4, 0.5) is 10.1 Å². The molecule has 2 aliphatic heterocycles. The first-order valence-electron chi connectivity index (χ1n) is 13.8. The lowest BCUT2D eigenvalue weighted by atomic mass is 10.0. The molecule has 41 heavy (non-hydrogen) atoms. The lowest BCUT2D eigenvalue weighted by Gasteiger charge is -2.36. The summed E-state index contributed by atoms with van der Waals surface area (Å²) in [5.74, 6) is -0.459. The molecule has 2 saturated heterocycles. The summed E-state index contributed by atoms with van der Waals surface area (Å²) in [4.78, 5) is 15.6. The van der Waals surface area contributed by atoms with Gasteiger partial charge in [-0.3, -0.25) is 14.8 Å². The molecule has 0 unspecified atom stereocenters. The Labute approximate surface area is 240 Å².